The first-order valence-electron chi connectivity index (χ1n) is 5.21. The minimum absolute atomic E-state index is 0.0265. The van der Waals surface area contributed by atoms with Gasteiger partial charge >= 0.3 is 6.18 Å². The van der Waals surface area contributed by atoms with Crippen LogP contribution in [-0.4, -0.2) is 0 Å². The summed E-state index contributed by atoms with van der Waals surface area (Å²) >= 11 is 6.41. The summed E-state index contributed by atoms with van der Waals surface area (Å²) < 4.78 is 44.8. The first-order chi connectivity index (χ1) is 8.88. The monoisotopic (exact) mass is 397 g/mol. The Morgan fingerprint density at radius 2 is 1.84 bits per heavy atom. The summed E-state index contributed by atoms with van der Waals surface area (Å²) in [6.45, 7) is 0.164. The number of rotatable bonds is 3. The molecule has 0 spiro atoms. The van der Waals surface area contributed by atoms with Gasteiger partial charge in [0.25, 0.3) is 0 Å². The minimum Gasteiger partial charge on any atom is -0.451 e. The lowest BCUT2D eigenvalue weighted by Gasteiger charge is -2.13. The van der Waals surface area contributed by atoms with Gasteiger partial charge in [-0.25, -0.2) is 0 Å². The van der Waals surface area contributed by atoms with Crippen LogP contribution in [0.5, 0.6) is 0 Å². The molecule has 0 bridgehead atoms. The van der Waals surface area contributed by atoms with E-state index in [0.717, 1.165) is 6.07 Å². The average Bonchev–Trinajstić information content (AvgIpc) is 2.65. The molecule has 0 atom stereocenters. The lowest BCUT2D eigenvalue weighted by molar-refractivity contribution is -0.137. The van der Waals surface area contributed by atoms with Crippen LogP contribution < -0.4 is 5.32 Å². The van der Waals surface area contributed by atoms with E-state index in [0.29, 0.717) is 14.9 Å². The van der Waals surface area contributed by atoms with Gasteiger partial charge in [0, 0.05) is 5.69 Å². The van der Waals surface area contributed by atoms with Crippen molar-refractivity contribution in [3.05, 3.63) is 50.8 Å². The summed E-state index contributed by atoms with van der Waals surface area (Å²) in [7, 11) is 0. The van der Waals surface area contributed by atoms with Crippen molar-refractivity contribution in [1.82, 2.24) is 0 Å². The van der Waals surface area contributed by atoms with E-state index in [1.54, 1.807) is 12.1 Å². The number of para-hydroxylation sites is 1. The molecule has 7 heteroatoms. The highest BCUT2D eigenvalue weighted by atomic mass is 79.9. The average molecular weight is 399 g/mol. The van der Waals surface area contributed by atoms with Crippen molar-refractivity contribution in [1.29, 1.82) is 0 Å². The fourth-order valence-electron chi connectivity index (χ4n) is 1.55. The lowest BCUT2D eigenvalue weighted by Crippen LogP contribution is -2.10. The zero-order valence-corrected chi connectivity index (χ0v) is 12.6. The molecule has 2 nitrogen and oxygen atoms in total. The molecular weight excluding hydrogens is 391 g/mol. The van der Waals surface area contributed by atoms with Crippen molar-refractivity contribution in [2.75, 3.05) is 5.32 Å². The highest BCUT2D eigenvalue weighted by molar-refractivity contribution is 9.13. The Hall–Kier alpha value is -0.950. The van der Waals surface area contributed by atoms with Gasteiger partial charge in [-0.2, -0.15) is 13.2 Å². The number of nitrogens with one attached hydrogen (secondary N) is 1. The van der Waals surface area contributed by atoms with Gasteiger partial charge in [-0.1, -0.05) is 12.1 Å². The van der Waals surface area contributed by atoms with Gasteiger partial charge in [0.05, 0.1) is 16.6 Å². The van der Waals surface area contributed by atoms with E-state index < -0.39 is 11.7 Å². The third-order valence-electron chi connectivity index (χ3n) is 2.38. The summed E-state index contributed by atoms with van der Waals surface area (Å²) in [5.74, 6) is 0.524. The molecule has 1 aromatic carbocycles. The Morgan fingerprint density at radius 1 is 1.16 bits per heavy atom. The molecule has 0 fully saturated rings. The van der Waals surface area contributed by atoms with Crippen LogP contribution >= 0.6 is 31.9 Å². The first-order valence-corrected chi connectivity index (χ1v) is 6.80. The molecular formula is C12H8Br2F3NO. The Kier molecular flexibility index (Phi) is 4.25. The second-order valence-corrected chi connectivity index (χ2v) is 5.31. The second kappa shape index (κ2) is 5.58. The van der Waals surface area contributed by atoms with Crippen LogP contribution in [0.1, 0.15) is 11.3 Å². The molecule has 19 heavy (non-hydrogen) atoms. The van der Waals surface area contributed by atoms with E-state index in [-0.39, 0.29) is 12.2 Å². The highest BCUT2D eigenvalue weighted by Gasteiger charge is 2.33. The Labute approximate surface area is 124 Å². The quantitative estimate of drug-likeness (QED) is 0.745. The summed E-state index contributed by atoms with van der Waals surface area (Å²) in [6.07, 6.45) is -4.38. The summed E-state index contributed by atoms with van der Waals surface area (Å²) in [6, 6.07) is 7.01. The molecule has 0 saturated heterocycles. The zero-order valence-electron chi connectivity index (χ0n) is 9.39. The van der Waals surface area contributed by atoms with Gasteiger partial charge in [0.2, 0.25) is 0 Å². The van der Waals surface area contributed by atoms with Gasteiger partial charge in [-0.3, -0.25) is 0 Å². The van der Waals surface area contributed by atoms with Crippen LogP contribution in [-0.2, 0) is 12.7 Å². The summed E-state index contributed by atoms with van der Waals surface area (Å²) in [5.41, 5.74) is -0.668. The van der Waals surface area contributed by atoms with Gasteiger partial charge in [-0.15, -0.1) is 0 Å². The van der Waals surface area contributed by atoms with Crippen molar-refractivity contribution in [3.8, 4) is 0 Å². The predicted octanol–water partition coefficient (Wildman–Crippen LogP) is 5.44. The number of anilines is 1. The van der Waals surface area contributed by atoms with E-state index in [9.17, 15) is 13.2 Å². The highest BCUT2D eigenvalue weighted by Crippen LogP contribution is 2.35. The van der Waals surface area contributed by atoms with E-state index in [1.165, 1.54) is 12.1 Å². The maximum atomic E-state index is 12.8. The molecule has 0 unspecified atom stereocenters. The molecule has 0 aliphatic rings. The molecule has 0 amide bonds. The lowest BCUT2D eigenvalue weighted by atomic mass is 10.1. The SMILES string of the molecule is FC(F)(F)c1ccccc1NCc1cc(Br)c(Br)o1. The number of furan rings is 1. The number of hydrogen-bond donors (Lipinski definition) is 1. The number of alkyl halides is 3. The summed E-state index contributed by atoms with van der Waals surface area (Å²) in [5, 5.41) is 2.72. The van der Waals surface area contributed by atoms with Crippen molar-refractivity contribution < 1.29 is 17.6 Å². The van der Waals surface area contributed by atoms with Gasteiger partial charge < -0.3 is 9.73 Å². The molecule has 2 rings (SSSR count). The largest absolute Gasteiger partial charge is 0.451 e. The third-order valence-corrected chi connectivity index (χ3v) is 4.09. The Balaban J connectivity index is 2.16. The molecule has 0 aliphatic heterocycles. The number of halogens is 5. The molecule has 1 heterocycles. The number of hydrogen-bond acceptors (Lipinski definition) is 2. The van der Waals surface area contributed by atoms with Crippen LogP contribution in [0, 0.1) is 0 Å². The van der Waals surface area contributed by atoms with Crippen molar-refractivity contribution in [3.63, 3.8) is 0 Å². The van der Waals surface area contributed by atoms with Crippen molar-refractivity contribution in [2.24, 2.45) is 0 Å². The van der Waals surface area contributed by atoms with E-state index >= 15 is 0 Å². The Bertz CT molecular complexity index is 561. The smallest absolute Gasteiger partial charge is 0.418 e. The van der Waals surface area contributed by atoms with Crippen LogP contribution in [0.4, 0.5) is 18.9 Å². The maximum absolute atomic E-state index is 12.8. The summed E-state index contributed by atoms with van der Waals surface area (Å²) in [4.78, 5) is 0. The minimum atomic E-state index is -4.38. The normalized spacial score (nSPS) is 11.6. The topological polar surface area (TPSA) is 25.2 Å². The second-order valence-electron chi connectivity index (χ2n) is 3.73. The standard InChI is InChI=1S/C12H8Br2F3NO/c13-9-5-7(19-11(9)14)6-18-10-4-2-1-3-8(10)12(15,16)17/h1-5,18H,6H2. The van der Waals surface area contributed by atoms with E-state index in [4.69, 9.17) is 4.42 Å². The van der Waals surface area contributed by atoms with Gasteiger partial charge in [-0.05, 0) is 50.1 Å². The molecule has 1 aromatic heterocycles. The fourth-order valence-corrected chi connectivity index (χ4v) is 2.20. The predicted molar refractivity (Wildman–Crippen MR) is 72.9 cm³/mol. The van der Waals surface area contributed by atoms with Gasteiger partial charge in [0.15, 0.2) is 4.67 Å². The van der Waals surface area contributed by atoms with E-state index in [2.05, 4.69) is 37.2 Å². The van der Waals surface area contributed by atoms with Crippen LogP contribution in [0.25, 0.3) is 0 Å². The van der Waals surface area contributed by atoms with E-state index in [1.807, 2.05) is 0 Å². The molecule has 102 valence electrons. The molecule has 1 N–H and O–H groups in total. The number of benzene rings is 1. The third kappa shape index (κ3) is 3.54. The van der Waals surface area contributed by atoms with Crippen molar-refractivity contribution in [2.45, 2.75) is 12.7 Å². The molecule has 2 aromatic rings. The van der Waals surface area contributed by atoms with Crippen LogP contribution in [0.2, 0.25) is 0 Å². The Morgan fingerprint density at radius 3 is 2.42 bits per heavy atom. The zero-order chi connectivity index (χ0) is 14.0. The molecule has 0 saturated carbocycles. The fraction of sp³-hybridized carbons (Fsp3) is 0.167. The molecule has 0 radical (unpaired) electrons. The van der Waals surface area contributed by atoms with Gasteiger partial charge in [0.1, 0.15) is 5.76 Å². The van der Waals surface area contributed by atoms with Crippen LogP contribution in [0.15, 0.2) is 43.9 Å². The van der Waals surface area contributed by atoms with Crippen LogP contribution in [0.3, 0.4) is 0 Å². The maximum Gasteiger partial charge on any atom is 0.418 e. The van der Waals surface area contributed by atoms with Crippen molar-refractivity contribution >= 4 is 37.5 Å². The first kappa shape index (κ1) is 14.5. The molecule has 0 aliphatic carbocycles.